The standard InChI is InChI=1S/C21H26Cl2F2INOSi/c1-4-29(5-2,6-3)28-21(14-9-15(24)11-16(25)10-14)27-8-7-18-19(22)12-17(26)13-20(18)23/h9-13,21,27H,4-8H2,1-3H3. The predicted octanol–water partition coefficient (Wildman–Crippen LogP) is 7.73. The van der Waals surface area contributed by atoms with Crippen molar-refractivity contribution < 1.29 is 13.2 Å². The molecular weight excluding hydrogens is 546 g/mol. The van der Waals surface area contributed by atoms with Crippen LogP contribution in [0.1, 0.15) is 38.1 Å². The van der Waals surface area contributed by atoms with Gasteiger partial charge in [-0.25, -0.2) is 8.78 Å². The lowest BCUT2D eigenvalue weighted by atomic mass is 10.1. The second-order valence-corrected chi connectivity index (χ2v) is 13.8. The summed E-state index contributed by atoms with van der Waals surface area (Å²) in [5, 5.41) is 4.54. The van der Waals surface area contributed by atoms with Gasteiger partial charge in [-0.15, -0.1) is 0 Å². The molecule has 2 aromatic carbocycles. The highest BCUT2D eigenvalue weighted by Gasteiger charge is 2.32. The van der Waals surface area contributed by atoms with Crippen molar-refractivity contribution in [2.75, 3.05) is 6.54 Å². The molecule has 0 fully saturated rings. The fourth-order valence-corrected chi connectivity index (χ4v) is 7.73. The van der Waals surface area contributed by atoms with Crippen LogP contribution in [0.3, 0.4) is 0 Å². The van der Waals surface area contributed by atoms with Gasteiger partial charge in [-0.2, -0.15) is 0 Å². The van der Waals surface area contributed by atoms with E-state index in [4.69, 9.17) is 27.6 Å². The molecule has 2 aromatic rings. The van der Waals surface area contributed by atoms with E-state index in [0.717, 1.165) is 33.3 Å². The Kier molecular flexibility index (Phi) is 9.82. The molecule has 0 aromatic heterocycles. The molecule has 1 N–H and O–H groups in total. The third kappa shape index (κ3) is 6.87. The first-order chi connectivity index (χ1) is 13.7. The van der Waals surface area contributed by atoms with Crippen LogP contribution in [0.4, 0.5) is 8.78 Å². The fourth-order valence-electron chi connectivity index (χ4n) is 3.34. The Hall–Kier alpha value is -0.253. The predicted molar refractivity (Wildman–Crippen MR) is 128 cm³/mol. The quantitative estimate of drug-likeness (QED) is 0.179. The monoisotopic (exact) mass is 571 g/mol. The number of rotatable bonds is 10. The first-order valence-electron chi connectivity index (χ1n) is 9.74. The van der Waals surface area contributed by atoms with Gasteiger partial charge in [-0.1, -0.05) is 44.0 Å². The summed E-state index contributed by atoms with van der Waals surface area (Å²) in [6, 6.07) is 10.1. The van der Waals surface area contributed by atoms with Crippen LogP contribution < -0.4 is 5.32 Å². The van der Waals surface area contributed by atoms with E-state index >= 15 is 0 Å². The maximum atomic E-state index is 13.9. The second kappa shape index (κ2) is 11.4. The molecule has 1 atom stereocenters. The van der Waals surface area contributed by atoms with E-state index in [1.54, 1.807) is 0 Å². The van der Waals surface area contributed by atoms with Crippen LogP contribution in [0.5, 0.6) is 0 Å². The van der Waals surface area contributed by atoms with Gasteiger partial charge in [0.25, 0.3) is 0 Å². The third-order valence-electron chi connectivity index (χ3n) is 5.30. The van der Waals surface area contributed by atoms with Crippen LogP contribution in [-0.4, -0.2) is 14.9 Å². The molecular formula is C21H26Cl2F2INOSi. The number of hydrogen-bond donors (Lipinski definition) is 1. The topological polar surface area (TPSA) is 21.3 Å². The zero-order valence-electron chi connectivity index (χ0n) is 16.8. The zero-order valence-corrected chi connectivity index (χ0v) is 21.5. The van der Waals surface area contributed by atoms with E-state index in [0.29, 0.717) is 28.6 Å². The molecule has 0 amide bonds. The molecule has 0 bridgehead atoms. The summed E-state index contributed by atoms with van der Waals surface area (Å²) in [4.78, 5) is 0. The number of halogens is 5. The Bertz CT molecular complexity index is 785. The molecule has 29 heavy (non-hydrogen) atoms. The molecule has 0 aliphatic rings. The van der Waals surface area contributed by atoms with Crippen molar-refractivity contribution in [1.82, 2.24) is 5.32 Å². The van der Waals surface area contributed by atoms with E-state index in [2.05, 4.69) is 48.7 Å². The van der Waals surface area contributed by atoms with Crippen molar-refractivity contribution in [3.8, 4) is 0 Å². The number of nitrogens with one attached hydrogen (secondary N) is 1. The van der Waals surface area contributed by atoms with Gasteiger partial charge < -0.3 is 4.43 Å². The van der Waals surface area contributed by atoms with E-state index < -0.39 is 26.2 Å². The van der Waals surface area contributed by atoms with Crippen molar-refractivity contribution in [2.24, 2.45) is 0 Å². The third-order valence-corrected chi connectivity index (χ3v) is 11.2. The molecule has 0 radical (unpaired) electrons. The Labute approximate surface area is 196 Å². The van der Waals surface area contributed by atoms with Gasteiger partial charge >= 0.3 is 0 Å². The lowest BCUT2D eigenvalue weighted by Crippen LogP contribution is -2.41. The summed E-state index contributed by atoms with van der Waals surface area (Å²) in [7, 11) is -2.02. The lowest BCUT2D eigenvalue weighted by molar-refractivity contribution is 0.152. The molecule has 1 unspecified atom stereocenters. The van der Waals surface area contributed by atoms with Crippen LogP contribution in [0.2, 0.25) is 28.2 Å². The molecule has 0 saturated carbocycles. The average Bonchev–Trinajstić information content (AvgIpc) is 2.66. The van der Waals surface area contributed by atoms with Gasteiger partial charge in [-0.3, -0.25) is 5.32 Å². The van der Waals surface area contributed by atoms with Crippen molar-refractivity contribution in [3.63, 3.8) is 0 Å². The largest absolute Gasteiger partial charge is 0.398 e. The Balaban J connectivity index is 2.24. The van der Waals surface area contributed by atoms with Gasteiger partial charge in [0.2, 0.25) is 0 Å². The van der Waals surface area contributed by atoms with Gasteiger partial charge in [0.1, 0.15) is 17.9 Å². The minimum absolute atomic E-state index is 0.453. The molecule has 0 aliphatic heterocycles. The van der Waals surface area contributed by atoms with Gasteiger partial charge in [-0.05, 0) is 77.0 Å². The molecule has 0 aliphatic carbocycles. The average molecular weight is 572 g/mol. The molecule has 0 heterocycles. The summed E-state index contributed by atoms with van der Waals surface area (Å²) in [6.45, 7) is 6.86. The van der Waals surface area contributed by atoms with Crippen LogP contribution >= 0.6 is 45.8 Å². The highest BCUT2D eigenvalue weighted by atomic mass is 127. The molecule has 0 saturated heterocycles. The highest BCUT2D eigenvalue weighted by molar-refractivity contribution is 14.1. The van der Waals surface area contributed by atoms with Gasteiger partial charge in [0.05, 0.1) is 0 Å². The van der Waals surface area contributed by atoms with E-state index in [1.165, 1.54) is 12.1 Å². The molecule has 2 rings (SSSR count). The summed E-state index contributed by atoms with van der Waals surface area (Å²) in [5.41, 5.74) is 1.30. The van der Waals surface area contributed by atoms with Crippen molar-refractivity contribution in [2.45, 2.75) is 51.6 Å². The van der Waals surface area contributed by atoms with Crippen LogP contribution in [-0.2, 0) is 10.8 Å². The van der Waals surface area contributed by atoms with E-state index in [9.17, 15) is 8.78 Å². The van der Waals surface area contributed by atoms with Crippen molar-refractivity contribution in [1.29, 1.82) is 0 Å². The molecule has 2 nitrogen and oxygen atoms in total. The zero-order chi connectivity index (χ0) is 21.6. The van der Waals surface area contributed by atoms with E-state index in [-0.39, 0.29) is 0 Å². The minimum Gasteiger partial charge on any atom is -0.398 e. The fraction of sp³-hybridized carbons (Fsp3) is 0.429. The summed E-state index contributed by atoms with van der Waals surface area (Å²) < 4.78 is 35.2. The van der Waals surface area contributed by atoms with Crippen LogP contribution in [0.15, 0.2) is 30.3 Å². The van der Waals surface area contributed by atoms with Gasteiger partial charge in [0.15, 0.2) is 8.32 Å². The SMILES string of the molecule is CC[Si](CC)(CC)OC(NCCc1c(Cl)cc(I)cc1Cl)c1cc(F)cc(F)c1. The maximum absolute atomic E-state index is 13.9. The van der Waals surface area contributed by atoms with E-state index in [1.807, 2.05) is 12.1 Å². The second-order valence-electron chi connectivity index (χ2n) is 7.00. The first kappa shape index (κ1) is 25.0. The molecule has 8 heteroatoms. The first-order valence-corrected chi connectivity index (χ1v) is 14.1. The van der Waals surface area contributed by atoms with Crippen LogP contribution in [0, 0.1) is 15.2 Å². The van der Waals surface area contributed by atoms with Crippen LogP contribution in [0.25, 0.3) is 0 Å². The molecule has 160 valence electrons. The number of benzene rings is 2. The Morgan fingerprint density at radius 1 is 0.966 bits per heavy atom. The summed E-state index contributed by atoms with van der Waals surface area (Å²) in [6.07, 6.45) is -0.0151. The highest BCUT2D eigenvalue weighted by Crippen LogP contribution is 2.30. The summed E-state index contributed by atoms with van der Waals surface area (Å²) in [5.74, 6) is -1.23. The maximum Gasteiger partial charge on any atom is 0.194 e. The molecule has 0 spiro atoms. The van der Waals surface area contributed by atoms with Crippen molar-refractivity contribution >= 4 is 54.1 Å². The lowest BCUT2D eigenvalue weighted by Gasteiger charge is -2.34. The minimum atomic E-state index is -2.02. The Morgan fingerprint density at radius 3 is 1.97 bits per heavy atom. The number of hydrogen-bond acceptors (Lipinski definition) is 2. The smallest absolute Gasteiger partial charge is 0.194 e. The normalized spacial score (nSPS) is 13.0. The Morgan fingerprint density at radius 2 is 1.48 bits per heavy atom. The summed E-state index contributed by atoms with van der Waals surface area (Å²) >= 11 is 14.8. The van der Waals surface area contributed by atoms with Gasteiger partial charge in [0, 0.05) is 31.8 Å². The van der Waals surface area contributed by atoms with Crippen molar-refractivity contribution in [3.05, 3.63) is 66.7 Å².